The lowest BCUT2D eigenvalue weighted by atomic mass is 9.90. The summed E-state index contributed by atoms with van der Waals surface area (Å²) in [5.41, 5.74) is -0.515. The van der Waals surface area contributed by atoms with Crippen LogP contribution in [0.1, 0.15) is 39.7 Å². The van der Waals surface area contributed by atoms with E-state index in [1.54, 1.807) is 19.1 Å². The van der Waals surface area contributed by atoms with E-state index < -0.39 is 21.6 Å². The van der Waals surface area contributed by atoms with E-state index in [4.69, 9.17) is 0 Å². The molecule has 1 aromatic rings. The van der Waals surface area contributed by atoms with Crippen LogP contribution in [0.3, 0.4) is 0 Å². The highest BCUT2D eigenvalue weighted by atomic mass is 79.9. The molecule has 0 radical (unpaired) electrons. The minimum atomic E-state index is -1.37. The molecule has 114 valence electrons. The summed E-state index contributed by atoms with van der Waals surface area (Å²) in [6, 6.07) is 4.62. The van der Waals surface area contributed by atoms with E-state index >= 15 is 0 Å². The summed E-state index contributed by atoms with van der Waals surface area (Å²) in [5, 5.41) is 9.27. The van der Waals surface area contributed by atoms with Crippen LogP contribution in [0.15, 0.2) is 22.7 Å². The van der Waals surface area contributed by atoms with E-state index in [2.05, 4.69) is 20.7 Å². The van der Waals surface area contributed by atoms with E-state index in [-0.39, 0.29) is 18.8 Å². The molecule has 0 spiro atoms. The second-order valence-corrected chi connectivity index (χ2v) is 8.80. The second kappa shape index (κ2) is 6.75. The first-order chi connectivity index (χ1) is 9.10. The summed E-state index contributed by atoms with van der Waals surface area (Å²) in [6.07, 6.45) is 0.266. The molecule has 3 nitrogen and oxygen atoms in total. The zero-order chi connectivity index (χ0) is 15.6. The average molecular weight is 366 g/mol. The Bertz CT molecular complexity index is 467. The highest BCUT2D eigenvalue weighted by Crippen LogP contribution is 2.31. The quantitative estimate of drug-likeness (QED) is 0.787. The van der Waals surface area contributed by atoms with Crippen LogP contribution < -0.4 is 4.72 Å². The van der Waals surface area contributed by atoms with Crippen LogP contribution >= 0.6 is 15.9 Å². The van der Waals surface area contributed by atoms with Gasteiger partial charge in [0, 0.05) is 28.0 Å². The number of hydrogen-bond acceptors (Lipinski definition) is 3. The highest BCUT2D eigenvalue weighted by molar-refractivity contribution is 9.10. The van der Waals surface area contributed by atoms with Crippen molar-refractivity contribution >= 4 is 27.3 Å². The third kappa shape index (κ3) is 4.43. The fourth-order valence-corrected chi connectivity index (χ4v) is 3.03. The van der Waals surface area contributed by atoms with Crippen LogP contribution in [0.4, 0.5) is 4.39 Å². The highest BCUT2D eigenvalue weighted by Gasteiger charge is 2.38. The lowest BCUT2D eigenvalue weighted by Crippen LogP contribution is -2.50. The van der Waals surface area contributed by atoms with Gasteiger partial charge in [-0.15, -0.1) is 4.72 Å². The largest absolute Gasteiger partial charge is 0.598 e. The fourth-order valence-electron chi connectivity index (χ4n) is 1.74. The van der Waals surface area contributed by atoms with E-state index in [0.29, 0.717) is 5.56 Å². The molecule has 20 heavy (non-hydrogen) atoms. The Kier molecular flexibility index (Phi) is 6.04. The van der Waals surface area contributed by atoms with Crippen LogP contribution in [0, 0.1) is 5.82 Å². The summed E-state index contributed by atoms with van der Waals surface area (Å²) in [6.45, 7) is 7.14. The number of halogens is 2. The molecule has 0 saturated carbocycles. The monoisotopic (exact) mass is 365 g/mol. The van der Waals surface area contributed by atoms with Crippen molar-refractivity contribution in [2.45, 2.75) is 44.4 Å². The SMILES string of the molecule is CC(CCO)(N[S+]([O-])C(C)(C)C)c1cc(Br)ccc1F. The molecular weight excluding hydrogens is 345 g/mol. The lowest BCUT2D eigenvalue weighted by Gasteiger charge is -2.35. The first kappa shape index (κ1) is 17.9. The molecule has 2 atom stereocenters. The third-order valence-corrected chi connectivity index (χ3v) is 5.25. The Balaban J connectivity index is 3.17. The Morgan fingerprint density at radius 3 is 2.45 bits per heavy atom. The van der Waals surface area contributed by atoms with Crippen molar-refractivity contribution in [1.82, 2.24) is 4.72 Å². The molecule has 6 heteroatoms. The van der Waals surface area contributed by atoms with Gasteiger partial charge >= 0.3 is 0 Å². The molecule has 0 fully saturated rings. The number of aliphatic hydroxyl groups excluding tert-OH is 1. The van der Waals surface area contributed by atoms with Gasteiger partial charge in [-0.2, -0.15) is 0 Å². The molecule has 2 N–H and O–H groups in total. The minimum absolute atomic E-state index is 0.128. The molecule has 0 aliphatic heterocycles. The van der Waals surface area contributed by atoms with E-state index in [9.17, 15) is 14.0 Å². The Morgan fingerprint density at radius 2 is 1.95 bits per heavy atom. The maximum atomic E-state index is 14.1. The van der Waals surface area contributed by atoms with Gasteiger partial charge in [-0.05, 0) is 52.3 Å². The summed E-state index contributed by atoms with van der Waals surface area (Å²) >= 11 is 1.95. The van der Waals surface area contributed by atoms with Crippen molar-refractivity contribution in [3.05, 3.63) is 34.1 Å². The Morgan fingerprint density at radius 1 is 1.35 bits per heavy atom. The summed E-state index contributed by atoms with van der Waals surface area (Å²) < 4.78 is 29.6. The van der Waals surface area contributed by atoms with Crippen molar-refractivity contribution < 1.29 is 14.0 Å². The second-order valence-electron chi connectivity index (χ2n) is 5.91. The summed E-state index contributed by atoms with van der Waals surface area (Å²) in [4.78, 5) is 0. The van der Waals surface area contributed by atoms with Crippen LogP contribution in [-0.2, 0) is 16.9 Å². The number of aliphatic hydroxyl groups is 1. The maximum absolute atomic E-state index is 14.1. The molecule has 0 aliphatic carbocycles. The predicted octanol–water partition coefficient (Wildman–Crippen LogP) is 3.24. The molecule has 0 heterocycles. The van der Waals surface area contributed by atoms with Crippen LogP contribution in [0.5, 0.6) is 0 Å². The molecule has 0 saturated heterocycles. The van der Waals surface area contributed by atoms with Gasteiger partial charge in [0.2, 0.25) is 0 Å². The average Bonchev–Trinajstić information content (AvgIpc) is 2.31. The number of hydrogen-bond donors (Lipinski definition) is 2. The zero-order valence-electron chi connectivity index (χ0n) is 12.2. The van der Waals surface area contributed by atoms with Gasteiger partial charge in [-0.3, -0.25) is 0 Å². The first-order valence-electron chi connectivity index (χ1n) is 6.36. The minimum Gasteiger partial charge on any atom is -0.598 e. The maximum Gasteiger partial charge on any atom is 0.136 e. The van der Waals surface area contributed by atoms with Gasteiger partial charge in [0.25, 0.3) is 0 Å². The smallest absolute Gasteiger partial charge is 0.136 e. The van der Waals surface area contributed by atoms with E-state index in [1.807, 2.05) is 20.8 Å². The predicted molar refractivity (Wildman–Crippen MR) is 84.2 cm³/mol. The molecule has 0 aliphatic rings. The molecular formula is C14H21BrFNO2S. The first-order valence-corrected chi connectivity index (χ1v) is 8.30. The Hall–Kier alpha value is -0.140. The van der Waals surface area contributed by atoms with Gasteiger partial charge in [0.15, 0.2) is 0 Å². The number of rotatable bonds is 5. The third-order valence-electron chi connectivity index (χ3n) is 3.01. The standard InChI is InChI=1S/C14H21BrFNO2S/c1-13(2,3)20(19)17-14(4,7-8-18)11-9-10(15)5-6-12(11)16/h5-6,9,17-18H,7-8H2,1-4H3. The van der Waals surface area contributed by atoms with E-state index in [1.165, 1.54) is 6.07 Å². The molecule has 1 aromatic carbocycles. The zero-order valence-corrected chi connectivity index (χ0v) is 14.6. The van der Waals surface area contributed by atoms with Gasteiger partial charge in [-0.25, -0.2) is 4.39 Å². The molecule has 0 amide bonds. The van der Waals surface area contributed by atoms with Crippen molar-refractivity contribution in [3.8, 4) is 0 Å². The van der Waals surface area contributed by atoms with Crippen LogP contribution in [0.25, 0.3) is 0 Å². The molecule has 0 aromatic heterocycles. The van der Waals surface area contributed by atoms with Crippen molar-refractivity contribution in [3.63, 3.8) is 0 Å². The molecule has 0 bridgehead atoms. The van der Waals surface area contributed by atoms with Gasteiger partial charge in [-0.1, -0.05) is 15.9 Å². The van der Waals surface area contributed by atoms with Gasteiger partial charge < -0.3 is 9.66 Å². The lowest BCUT2D eigenvalue weighted by molar-refractivity contribution is 0.234. The van der Waals surface area contributed by atoms with Crippen molar-refractivity contribution in [1.29, 1.82) is 0 Å². The topological polar surface area (TPSA) is 55.3 Å². The van der Waals surface area contributed by atoms with E-state index in [0.717, 1.165) is 4.47 Å². The van der Waals surface area contributed by atoms with Gasteiger partial charge in [0.05, 0.1) is 5.54 Å². The summed E-state index contributed by atoms with van der Waals surface area (Å²) in [7, 11) is 0. The summed E-state index contributed by atoms with van der Waals surface area (Å²) in [5.74, 6) is -0.387. The Labute approximate surface area is 131 Å². The van der Waals surface area contributed by atoms with Crippen LogP contribution in [0.2, 0.25) is 0 Å². The number of nitrogens with one attached hydrogen (secondary N) is 1. The van der Waals surface area contributed by atoms with Crippen molar-refractivity contribution in [2.75, 3.05) is 6.61 Å². The normalized spacial score (nSPS) is 16.8. The number of benzene rings is 1. The fraction of sp³-hybridized carbons (Fsp3) is 0.571. The van der Waals surface area contributed by atoms with Gasteiger partial charge in [0.1, 0.15) is 10.6 Å². The molecule has 2 unspecified atom stereocenters. The van der Waals surface area contributed by atoms with Crippen molar-refractivity contribution in [2.24, 2.45) is 0 Å². The molecule has 1 rings (SSSR count). The van der Waals surface area contributed by atoms with Crippen LogP contribution in [-0.4, -0.2) is 21.0 Å².